The number of benzene rings is 1. The van der Waals surface area contributed by atoms with Gasteiger partial charge >= 0.3 is 0 Å². The average Bonchev–Trinajstić information content (AvgIpc) is 2.25. The summed E-state index contributed by atoms with van der Waals surface area (Å²) in [6, 6.07) is 7.90. The van der Waals surface area contributed by atoms with E-state index in [2.05, 4.69) is 6.92 Å². The number of rotatable bonds is 7. The molecule has 0 unspecified atom stereocenters. The fraction of sp³-hybridized carbons (Fsp3) is 0.571. The van der Waals surface area contributed by atoms with Crippen molar-refractivity contribution in [3.8, 4) is 5.75 Å². The summed E-state index contributed by atoms with van der Waals surface area (Å²) in [7, 11) is -3.48. The maximum atomic E-state index is 11.1. The maximum absolute atomic E-state index is 11.1. The van der Waals surface area contributed by atoms with Crippen molar-refractivity contribution >= 4 is 10.0 Å². The molecule has 0 fully saturated rings. The van der Waals surface area contributed by atoms with Crippen LogP contribution in [0.2, 0.25) is 0 Å². The van der Waals surface area contributed by atoms with E-state index in [1.807, 2.05) is 38.1 Å². The van der Waals surface area contributed by atoms with Crippen molar-refractivity contribution in [2.24, 2.45) is 10.6 Å². The molecule has 2 N–H and O–H groups in total. The molecule has 0 aliphatic carbocycles. The molecule has 0 amide bonds. The van der Waals surface area contributed by atoms with Crippen LogP contribution in [0.1, 0.15) is 32.8 Å². The zero-order valence-electron chi connectivity index (χ0n) is 11.8. The Morgan fingerprint density at radius 2 is 1.79 bits per heavy atom. The summed E-state index contributed by atoms with van der Waals surface area (Å²) in [5.41, 5.74) is 0.772. The molecule has 1 aromatic rings. The highest BCUT2D eigenvalue weighted by atomic mass is 32.2. The van der Waals surface area contributed by atoms with Gasteiger partial charge in [0.15, 0.2) is 0 Å². The lowest BCUT2D eigenvalue weighted by molar-refractivity contribution is 0.200. The molecular formula is C14H23NO3S. The normalized spacial score (nSPS) is 12.4. The number of aryl methyl sites for hydroxylation is 1. The molecule has 0 aromatic heterocycles. The van der Waals surface area contributed by atoms with E-state index in [4.69, 9.17) is 9.88 Å². The monoisotopic (exact) mass is 285 g/mol. The van der Waals surface area contributed by atoms with Crippen molar-refractivity contribution in [1.29, 1.82) is 0 Å². The third-order valence-corrected chi connectivity index (χ3v) is 3.87. The molecule has 0 aliphatic heterocycles. The van der Waals surface area contributed by atoms with Gasteiger partial charge in [-0.15, -0.1) is 0 Å². The van der Waals surface area contributed by atoms with E-state index in [1.54, 1.807) is 0 Å². The second-order valence-corrected chi connectivity index (χ2v) is 7.27. The lowest BCUT2D eigenvalue weighted by Crippen LogP contribution is -2.33. The number of ether oxygens (including phenoxy) is 1. The summed E-state index contributed by atoms with van der Waals surface area (Å²) in [5, 5.41) is 5.06. The van der Waals surface area contributed by atoms with E-state index in [1.165, 1.54) is 5.56 Å². The van der Waals surface area contributed by atoms with Crippen molar-refractivity contribution in [1.82, 2.24) is 0 Å². The summed E-state index contributed by atoms with van der Waals surface area (Å²) in [5.74, 6) is 0.663. The topological polar surface area (TPSA) is 69.4 Å². The highest BCUT2D eigenvalue weighted by Crippen LogP contribution is 2.20. The number of sulfonamides is 1. The molecule has 0 saturated heterocycles. The highest BCUT2D eigenvalue weighted by molar-refractivity contribution is 7.89. The molecule has 1 rings (SSSR count). The molecule has 0 spiro atoms. The molecule has 0 saturated carbocycles. The van der Waals surface area contributed by atoms with Gasteiger partial charge in [-0.2, -0.15) is 0 Å². The molecule has 4 nitrogen and oxygen atoms in total. The summed E-state index contributed by atoms with van der Waals surface area (Å²) >= 11 is 0. The van der Waals surface area contributed by atoms with Gasteiger partial charge in [-0.05, 0) is 24.1 Å². The van der Waals surface area contributed by atoms with Gasteiger partial charge in [0.2, 0.25) is 10.0 Å². The van der Waals surface area contributed by atoms with Crippen LogP contribution in [0.5, 0.6) is 5.75 Å². The van der Waals surface area contributed by atoms with Crippen molar-refractivity contribution in [2.45, 2.75) is 33.6 Å². The van der Waals surface area contributed by atoms with Crippen molar-refractivity contribution < 1.29 is 13.2 Å². The van der Waals surface area contributed by atoms with Crippen LogP contribution in [0.15, 0.2) is 24.3 Å². The molecular weight excluding hydrogens is 262 g/mol. The molecule has 0 radical (unpaired) electrons. The van der Waals surface area contributed by atoms with E-state index in [0.717, 1.165) is 18.6 Å². The van der Waals surface area contributed by atoms with Gasteiger partial charge in [-0.1, -0.05) is 39.3 Å². The third-order valence-electron chi connectivity index (χ3n) is 2.68. The Morgan fingerprint density at radius 1 is 1.21 bits per heavy atom. The number of hydrogen-bond donors (Lipinski definition) is 1. The molecule has 0 bridgehead atoms. The van der Waals surface area contributed by atoms with Crippen LogP contribution in [-0.4, -0.2) is 20.8 Å². The smallest absolute Gasteiger partial charge is 0.209 e. The third kappa shape index (κ3) is 6.59. The Hall–Kier alpha value is -1.07. The van der Waals surface area contributed by atoms with Crippen LogP contribution >= 0.6 is 0 Å². The van der Waals surface area contributed by atoms with Crippen molar-refractivity contribution in [3.05, 3.63) is 29.8 Å². The first-order valence-corrected chi connectivity index (χ1v) is 8.16. The summed E-state index contributed by atoms with van der Waals surface area (Å²) in [6.45, 7) is 6.10. The Kier molecular flexibility index (Phi) is 5.38. The van der Waals surface area contributed by atoms with Crippen molar-refractivity contribution in [3.63, 3.8) is 0 Å². The summed E-state index contributed by atoms with van der Waals surface area (Å²) < 4.78 is 27.8. The molecule has 0 heterocycles. The molecule has 19 heavy (non-hydrogen) atoms. The minimum Gasteiger partial charge on any atom is -0.493 e. The molecule has 5 heteroatoms. The fourth-order valence-electron chi connectivity index (χ4n) is 1.91. The second-order valence-electron chi connectivity index (χ2n) is 5.65. The summed E-state index contributed by atoms with van der Waals surface area (Å²) in [4.78, 5) is 0. The first-order chi connectivity index (χ1) is 8.72. The van der Waals surface area contributed by atoms with E-state index in [0.29, 0.717) is 6.61 Å². The predicted octanol–water partition coefficient (Wildman–Crippen LogP) is 2.33. The number of nitrogens with two attached hydrogens (primary N) is 1. The van der Waals surface area contributed by atoms with Gasteiger partial charge in [0.25, 0.3) is 0 Å². The molecule has 1 aromatic carbocycles. The molecule has 108 valence electrons. The number of primary sulfonamides is 1. The average molecular weight is 285 g/mol. The van der Waals surface area contributed by atoms with Crippen LogP contribution in [0.3, 0.4) is 0 Å². The van der Waals surface area contributed by atoms with E-state index in [-0.39, 0.29) is 5.75 Å². The quantitative estimate of drug-likeness (QED) is 0.836. The van der Waals surface area contributed by atoms with Gasteiger partial charge in [0.1, 0.15) is 5.75 Å². The zero-order chi connectivity index (χ0) is 14.5. The maximum Gasteiger partial charge on any atom is 0.209 e. The minimum absolute atomic E-state index is 0.0894. The Balaban J connectivity index is 2.56. The number of hydrogen-bond acceptors (Lipinski definition) is 3. The Morgan fingerprint density at radius 3 is 2.26 bits per heavy atom. The van der Waals surface area contributed by atoms with Crippen molar-refractivity contribution in [2.75, 3.05) is 12.4 Å². The lowest BCUT2D eigenvalue weighted by atomic mass is 9.98. The van der Waals surface area contributed by atoms with E-state index in [9.17, 15) is 8.42 Å². The first-order valence-electron chi connectivity index (χ1n) is 6.44. The van der Waals surface area contributed by atoms with Gasteiger partial charge in [0, 0.05) is 5.41 Å². The van der Waals surface area contributed by atoms with Crippen LogP contribution < -0.4 is 9.88 Å². The van der Waals surface area contributed by atoms with Gasteiger partial charge in [-0.3, -0.25) is 0 Å². The highest BCUT2D eigenvalue weighted by Gasteiger charge is 2.24. The van der Waals surface area contributed by atoms with Crippen LogP contribution in [0.4, 0.5) is 0 Å². The largest absolute Gasteiger partial charge is 0.493 e. The second kappa shape index (κ2) is 6.39. The SMILES string of the molecule is CCCc1ccc(OCC(C)(C)CS(N)(=O)=O)cc1. The lowest BCUT2D eigenvalue weighted by Gasteiger charge is -2.23. The Labute approximate surface area is 116 Å². The predicted molar refractivity (Wildman–Crippen MR) is 77.7 cm³/mol. The van der Waals surface area contributed by atoms with E-state index < -0.39 is 15.4 Å². The summed E-state index contributed by atoms with van der Waals surface area (Å²) in [6.07, 6.45) is 2.17. The van der Waals surface area contributed by atoms with Gasteiger partial charge in [-0.25, -0.2) is 13.6 Å². The first kappa shape index (κ1) is 16.0. The standard InChI is InChI=1S/C14H23NO3S/c1-4-5-12-6-8-13(9-7-12)18-10-14(2,3)11-19(15,16)17/h6-9H,4-5,10-11H2,1-3H3,(H2,15,16,17). The minimum atomic E-state index is -3.48. The van der Waals surface area contributed by atoms with Gasteiger partial charge < -0.3 is 4.74 Å². The zero-order valence-corrected chi connectivity index (χ0v) is 12.7. The van der Waals surface area contributed by atoms with Crippen LogP contribution in [0, 0.1) is 5.41 Å². The molecule has 0 aliphatic rings. The van der Waals surface area contributed by atoms with Crippen LogP contribution in [0.25, 0.3) is 0 Å². The van der Waals surface area contributed by atoms with E-state index >= 15 is 0 Å². The van der Waals surface area contributed by atoms with Gasteiger partial charge in [0.05, 0.1) is 12.4 Å². The van der Waals surface area contributed by atoms with Crippen LogP contribution in [-0.2, 0) is 16.4 Å². The Bertz CT molecular complexity index is 492. The molecule has 0 atom stereocenters. The fourth-order valence-corrected chi connectivity index (χ4v) is 3.08.